The molecule has 0 amide bonds. The summed E-state index contributed by atoms with van der Waals surface area (Å²) in [6.07, 6.45) is 0. The van der Waals surface area contributed by atoms with Gasteiger partial charge in [-0.15, -0.1) is 11.3 Å². The molecule has 20 heavy (non-hydrogen) atoms. The fourth-order valence-electron chi connectivity index (χ4n) is 1.79. The van der Waals surface area contributed by atoms with Gasteiger partial charge in [-0.1, -0.05) is 6.07 Å². The summed E-state index contributed by atoms with van der Waals surface area (Å²) in [6.45, 7) is 4.07. The highest BCUT2D eigenvalue weighted by Crippen LogP contribution is 2.30. The summed E-state index contributed by atoms with van der Waals surface area (Å²) >= 11 is 4.77. The molecule has 2 rings (SSSR count). The Labute approximate surface area is 131 Å². The minimum atomic E-state index is -3.59. The third kappa shape index (κ3) is 3.22. The number of nitrogens with two attached hydrogens (primary N) is 1. The minimum absolute atomic E-state index is 0.287. The first-order chi connectivity index (χ1) is 9.33. The van der Waals surface area contributed by atoms with Gasteiger partial charge in [0.15, 0.2) is 0 Å². The van der Waals surface area contributed by atoms with E-state index in [1.807, 2.05) is 19.1 Å². The van der Waals surface area contributed by atoms with Crippen LogP contribution in [0.1, 0.15) is 15.3 Å². The van der Waals surface area contributed by atoms with Crippen LogP contribution in [0.25, 0.3) is 0 Å². The van der Waals surface area contributed by atoms with E-state index in [0.717, 1.165) is 15.3 Å². The molecule has 0 radical (unpaired) electrons. The first-order valence-electron chi connectivity index (χ1n) is 5.92. The van der Waals surface area contributed by atoms with E-state index in [9.17, 15) is 8.42 Å². The van der Waals surface area contributed by atoms with Crippen LogP contribution in [-0.2, 0) is 16.6 Å². The van der Waals surface area contributed by atoms with E-state index in [-0.39, 0.29) is 4.90 Å². The van der Waals surface area contributed by atoms with E-state index < -0.39 is 10.0 Å². The van der Waals surface area contributed by atoms with Gasteiger partial charge in [0.1, 0.15) is 4.90 Å². The molecule has 0 bridgehead atoms. The average molecular weight is 375 g/mol. The van der Waals surface area contributed by atoms with Crippen molar-refractivity contribution in [2.24, 2.45) is 5.73 Å². The summed E-state index contributed by atoms with van der Waals surface area (Å²) in [5.41, 5.74) is 7.13. The van der Waals surface area contributed by atoms with Gasteiger partial charge in [0.25, 0.3) is 10.0 Å². The summed E-state index contributed by atoms with van der Waals surface area (Å²) in [5.74, 6) is 0. The maximum atomic E-state index is 12.4. The second-order valence-corrected chi connectivity index (χ2v) is 8.27. The van der Waals surface area contributed by atoms with Crippen molar-refractivity contribution in [2.45, 2.75) is 25.3 Å². The second kappa shape index (κ2) is 5.85. The molecule has 0 unspecified atom stereocenters. The normalized spacial score (nSPS) is 11.6. The third-order valence-corrected chi connectivity index (χ3v) is 6.13. The molecule has 0 fully saturated rings. The van der Waals surface area contributed by atoms with Crippen LogP contribution >= 0.6 is 27.3 Å². The summed E-state index contributed by atoms with van der Waals surface area (Å²) in [6, 6.07) is 7.09. The van der Waals surface area contributed by atoms with E-state index >= 15 is 0 Å². The molecule has 2 aromatic rings. The Kier molecular flexibility index (Phi) is 4.53. The maximum Gasteiger partial charge on any atom is 0.263 e. The Morgan fingerprint density at radius 3 is 2.55 bits per heavy atom. The van der Waals surface area contributed by atoms with Crippen LogP contribution in [0, 0.1) is 13.8 Å². The molecule has 0 saturated heterocycles. The van der Waals surface area contributed by atoms with Crippen molar-refractivity contribution in [3.05, 3.63) is 44.1 Å². The lowest BCUT2D eigenvalue weighted by atomic mass is 10.2. The smallest absolute Gasteiger partial charge is 0.263 e. The predicted octanol–water partition coefficient (Wildman–Crippen LogP) is 3.39. The average Bonchev–Trinajstić information content (AvgIpc) is 2.75. The molecule has 0 aliphatic carbocycles. The van der Waals surface area contributed by atoms with Crippen molar-refractivity contribution in [3.8, 4) is 0 Å². The van der Waals surface area contributed by atoms with Crippen LogP contribution in [-0.4, -0.2) is 8.42 Å². The Balaban J connectivity index is 2.38. The summed E-state index contributed by atoms with van der Waals surface area (Å²) in [4.78, 5) is 1.88. The quantitative estimate of drug-likeness (QED) is 0.861. The number of halogens is 1. The van der Waals surface area contributed by atoms with Crippen LogP contribution in [0.4, 0.5) is 5.69 Å². The van der Waals surface area contributed by atoms with Gasteiger partial charge in [-0.05, 0) is 53.5 Å². The zero-order valence-corrected chi connectivity index (χ0v) is 14.3. The number of rotatable bonds is 4. The zero-order chi connectivity index (χ0) is 14.9. The third-order valence-electron chi connectivity index (χ3n) is 2.78. The van der Waals surface area contributed by atoms with Crippen molar-refractivity contribution in [3.63, 3.8) is 0 Å². The molecule has 7 heteroatoms. The van der Waals surface area contributed by atoms with Gasteiger partial charge >= 0.3 is 0 Å². The van der Waals surface area contributed by atoms with Crippen molar-refractivity contribution in [1.82, 2.24) is 0 Å². The number of anilines is 1. The number of sulfonamides is 1. The van der Waals surface area contributed by atoms with E-state index in [4.69, 9.17) is 5.73 Å². The van der Waals surface area contributed by atoms with Crippen molar-refractivity contribution < 1.29 is 8.42 Å². The number of hydrogen-bond acceptors (Lipinski definition) is 4. The molecule has 4 nitrogen and oxygen atoms in total. The molecule has 1 aromatic carbocycles. The molecule has 0 aliphatic heterocycles. The molecule has 0 atom stereocenters. The van der Waals surface area contributed by atoms with E-state index in [1.165, 1.54) is 11.3 Å². The van der Waals surface area contributed by atoms with Crippen molar-refractivity contribution >= 4 is 43.0 Å². The molecule has 0 aliphatic rings. The summed E-state index contributed by atoms with van der Waals surface area (Å²) in [7, 11) is -3.59. The second-order valence-electron chi connectivity index (χ2n) is 4.43. The molecular formula is C13H15BrN2O2S2. The highest BCUT2D eigenvalue weighted by Gasteiger charge is 2.20. The Bertz CT molecular complexity index is 739. The Hall–Kier alpha value is -0.890. The zero-order valence-electron chi connectivity index (χ0n) is 11.1. The Morgan fingerprint density at radius 2 is 2.00 bits per heavy atom. The number of thiophene rings is 1. The van der Waals surface area contributed by atoms with Crippen LogP contribution in [0.2, 0.25) is 0 Å². The summed E-state index contributed by atoms with van der Waals surface area (Å²) < 4.78 is 28.2. The number of hydrogen-bond donors (Lipinski definition) is 2. The number of aryl methyl sites for hydroxylation is 2. The molecule has 1 heterocycles. The lowest BCUT2D eigenvalue weighted by Gasteiger charge is -2.10. The van der Waals surface area contributed by atoms with Crippen LogP contribution in [0.5, 0.6) is 0 Å². The lowest BCUT2D eigenvalue weighted by molar-refractivity contribution is 0.601. The Morgan fingerprint density at radius 1 is 1.30 bits per heavy atom. The minimum Gasteiger partial charge on any atom is -0.326 e. The predicted molar refractivity (Wildman–Crippen MR) is 86.6 cm³/mol. The molecule has 0 spiro atoms. The van der Waals surface area contributed by atoms with Gasteiger partial charge in [0.05, 0.1) is 5.69 Å². The highest BCUT2D eigenvalue weighted by atomic mass is 79.9. The van der Waals surface area contributed by atoms with Gasteiger partial charge in [0.2, 0.25) is 0 Å². The SMILES string of the molecule is Cc1ccc(NS(=O)(=O)c2cc(CN)sc2C)c(Br)c1. The van der Waals surface area contributed by atoms with Gasteiger partial charge in [-0.2, -0.15) is 0 Å². The van der Waals surface area contributed by atoms with Crippen molar-refractivity contribution in [2.75, 3.05) is 4.72 Å². The lowest BCUT2D eigenvalue weighted by Crippen LogP contribution is -2.13. The summed E-state index contributed by atoms with van der Waals surface area (Å²) in [5, 5.41) is 0. The van der Waals surface area contributed by atoms with E-state index in [0.29, 0.717) is 16.7 Å². The van der Waals surface area contributed by atoms with E-state index in [2.05, 4.69) is 20.7 Å². The highest BCUT2D eigenvalue weighted by molar-refractivity contribution is 9.10. The molecule has 3 N–H and O–H groups in total. The maximum absolute atomic E-state index is 12.4. The molecule has 1 aromatic heterocycles. The van der Waals surface area contributed by atoms with Crippen molar-refractivity contribution in [1.29, 1.82) is 0 Å². The standard InChI is InChI=1S/C13H15BrN2O2S2/c1-8-3-4-12(11(14)5-8)16-20(17,18)13-6-10(7-15)19-9(13)2/h3-6,16H,7,15H2,1-2H3. The monoisotopic (exact) mass is 374 g/mol. The van der Waals surface area contributed by atoms with Crippen LogP contribution < -0.4 is 10.5 Å². The number of benzene rings is 1. The number of nitrogens with one attached hydrogen (secondary N) is 1. The van der Waals surface area contributed by atoms with Gasteiger partial charge < -0.3 is 5.73 Å². The van der Waals surface area contributed by atoms with E-state index in [1.54, 1.807) is 19.1 Å². The van der Waals surface area contributed by atoms with Gasteiger partial charge in [-0.3, -0.25) is 4.72 Å². The fourth-order valence-corrected chi connectivity index (χ4v) is 5.11. The first-order valence-corrected chi connectivity index (χ1v) is 9.01. The molecule has 108 valence electrons. The topological polar surface area (TPSA) is 72.2 Å². The van der Waals surface area contributed by atoms with Crippen LogP contribution in [0.15, 0.2) is 33.6 Å². The molecule has 0 saturated carbocycles. The van der Waals surface area contributed by atoms with Gasteiger partial charge in [0, 0.05) is 20.8 Å². The first kappa shape index (κ1) is 15.5. The fraction of sp³-hybridized carbons (Fsp3) is 0.231. The molecular weight excluding hydrogens is 360 g/mol. The van der Waals surface area contributed by atoms with Crippen LogP contribution in [0.3, 0.4) is 0 Å². The largest absolute Gasteiger partial charge is 0.326 e. The van der Waals surface area contributed by atoms with Gasteiger partial charge in [-0.25, -0.2) is 8.42 Å².